The fraction of sp³-hybridized carbons (Fsp3) is 0.0952. The molecule has 1 heterocycles. The van der Waals surface area contributed by atoms with E-state index in [1.165, 1.54) is 0 Å². The molecule has 0 aliphatic heterocycles. The molecule has 0 radical (unpaired) electrons. The van der Waals surface area contributed by atoms with Crippen molar-refractivity contribution in [3.05, 3.63) is 78.4 Å². The second-order valence-electron chi connectivity index (χ2n) is 6.00. The number of nitrogens with one attached hydrogen (secondary N) is 1. The Morgan fingerprint density at radius 3 is 2.48 bits per heavy atom. The van der Waals surface area contributed by atoms with Crippen molar-refractivity contribution >= 4 is 33.5 Å². The second-order valence-corrected chi connectivity index (χ2v) is 6.00. The normalized spacial score (nSPS) is 12.4. The van der Waals surface area contributed by atoms with Gasteiger partial charge in [0.1, 0.15) is 17.3 Å². The molecule has 0 aliphatic rings. The summed E-state index contributed by atoms with van der Waals surface area (Å²) in [7, 11) is 0. The van der Waals surface area contributed by atoms with Gasteiger partial charge in [0.2, 0.25) is 0 Å². The zero-order chi connectivity index (χ0) is 17.2. The number of hydrogen-bond acceptors (Lipinski definition) is 3. The molecule has 0 unspecified atom stereocenters. The maximum Gasteiger partial charge on any atom is 0.253 e. The molecule has 0 spiro atoms. The molecule has 0 bridgehead atoms. The summed E-state index contributed by atoms with van der Waals surface area (Å²) >= 11 is 0. The van der Waals surface area contributed by atoms with Gasteiger partial charge < -0.3 is 14.8 Å². The lowest BCUT2D eigenvalue weighted by atomic mass is 10.1. The van der Waals surface area contributed by atoms with Crippen LogP contribution < -0.4 is 5.32 Å². The Bertz CT molecular complexity index is 1040. The Balaban J connectivity index is 1.53. The first kappa shape index (κ1) is 15.4. The Morgan fingerprint density at radius 2 is 1.64 bits per heavy atom. The number of benzene rings is 3. The van der Waals surface area contributed by atoms with Gasteiger partial charge in [0.25, 0.3) is 5.91 Å². The number of para-hydroxylation sites is 1. The van der Waals surface area contributed by atoms with Crippen LogP contribution in [0.5, 0.6) is 0 Å². The smallest absolute Gasteiger partial charge is 0.253 e. The first-order valence-corrected chi connectivity index (χ1v) is 8.15. The highest BCUT2D eigenvalue weighted by molar-refractivity contribution is 6.06. The largest absolute Gasteiger partial charge is 0.456 e. The fourth-order valence-electron chi connectivity index (χ4n) is 2.96. The predicted molar refractivity (Wildman–Crippen MR) is 98.5 cm³/mol. The Morgan fingerprint density at radius 1 is 0.920 bits per heavy atom. The van der Waals surface area contributed by atoms with Crippen molar-refractivity contribution in [3.63, 3.8) is 0 Å². The third-order valence-corrected chi connectivity index (χ3v) is 4.22. The van der Waals surface area contributed by atoms with E-state index < -0.39 is 12.0 Å². The minimum absolute atomic E-state index is 0.277. The van der Waals surface area contributed by atoms with Crippen molar-refractivity contribution in [1.82, 2.24) is 0 Å². The number of aliphatic hydroxyl groups excluding tert-OH is 1. The van der Waals surface area contributed by atoms with Gasteiger partial charge in [-0.15, -0.1) is 0 Å². The minimum Gasteiger partial charge on any atom is -0.456 e. The van der Waals surface area contributed by atoms with Crippen molar-refractivity contribution in [3.8, 4) is 0 Å². The summed E-state index contributed by atoms with van der Waals surface area (Å²) in [6.45, 7) is 0. The third-order valence-electron chi connectivity index (χ3n) is 4.22. The summed E-state index contributed by atoms with van der Waals surface area (Å²) in [6.07, 6.45) is -0.826. The number of aliphatic hydroxyl groups is 1. The highest BCUT2D eigenvalue weighted by Gasteiger charge is 2.16. The fourth-order valence-corrected chi connectivity index (χ4v) is 2.96. The van der Waals surface area contributed by atoms with E-state index in [-0.39, 0.29) is 6.42 Å². The van der Waals surface area contributed by atoms with Gasteiger partial charge in [0, 0.05) is 28.9 Å². The van der Waals surface area contributed by atoms with Gasteiger partial charge in [-0.2, -0.15) is 0 Å². The van der Waals surface area contributed by atoms with Crippen LogP contribution in [0.1, 0.15) is 5.56 Å². The van der Waals surface area contributed by atoms with Gasteiger partial charge in [-0.1, -0.05) is 48.5 Å². The molecule has 1 atom stereocenters. The number of rotatable bonds is 4. The first-order chi connectivity index (χ1) is 12.2. The highest BCUT2D eigenvalue weighted by atomic mass is 16.3. The van der Waals surface area contributed by atoms with Crippen LogP contribution >= 0.6 is 0 Å². The molecule has 124 valence electrons. The molecule has 4 rings (SSSR count). The summed E-state index contributed by atoms with van der Waals surface area (Å²) in [5.74, 6) is -0.431. The maximum absolute atomic E-state index is 12.2. The van der Waals surface area contributed by atoms with Crippen molar-refractivity contribution < 1.29 is 14.3 Å². The molecule has 0 fully saturated rings. The van der Waals surface area contributed by atoms with Crippen LogP contribution in [-0.4, -0.2) is 17.1 Å². The molecule has 0 saturated carbocycles. The molecular formula is C21H17NO3. The Kier molecular flexibility index (Phi) is 3.96. The van der Waals surface area contributed by atoms with Gasteiger partial charge >= 0.3 is 0 Å². The van der Waals surface area contributed by atoms with Gasteiger partial charge in [-0.05, 0) is 23.8 Å². The number of carbonyl (C=O) groups is 1. The van der Waals surface area contributed by atoms with Crippen LogP contribution in [0.4, 0.5) is 5.69 Å². The van der Waals surface area contributed by atoms with Crippen LogP contribution in [-0.2, 0) is 11.2 Å². The monoisotopic (exact) mass is 331 g/mol. The molecular weight excluding hydrogens is 314 g/mol. The van der Waals surface area contributed by atoms with Gasteiger partial charge in [-0.3, -0.25) is 4.79 Å². The minimum atomic E-state index is -1.10. The average Bonchev–Trinajstić information content (AvgIpc) is 3.00. The molecule has 0 saturated heterocycles. The molecule has 0 aliphatic carbocycles. The molecule has 2 N–H and O–H groups in total. The lowest BCUT2D eigenvalue weighted by Gasteiger charge is -2.11. The lowest BCUT2D eigenvalue weighted by Crippen LogP contribution is -2.29. The standard InChI is InChI=1S/C21H17NO3/c23-18(12-14-6-2-1-3-7-14)21(24)22-15-10-11-17-16-8-4-5-9-19(16)25-20(17)13-15/h1-11,13,18,23H,12H2,(H,22,24)/t18-/m0/s1. The van der Waals surface area contributed by atoms with E-state index in [0.29, 0.717) is 11.3 Å². The van der Waals surface area contributed by atoms with E-state index in [9.17, 15) is 9.90 Å². The number of furan rings is 1. The quantitative estimate of drug-likeness (QED) is 0.591. The number of fused-ring (bicyclic) bond motifs is 3. The second kappa shape index (κ2) is 6.42. The van der Waals surface area contributed by atoms with E-state index in [1.807, 2.05) is 66.7 Å². The van der Waals surface area contributed by atoms with E-state index in [2.05, 4.69) is 5.32 Å². The molecule has 4 aromatic rings. The molecule has 4 nitrogen and oxygen atoms in total. The van der Waals surface area contributed by atoms with Gasteiger partial charge in [0.15, 0.2) is 0 Å². The number of anilines is 1. The van der Waals surface area contributed by atoms with Crippen LogP contribution in [0.3, 0.4) is 0 Å². The Hall–Kier alpha value is -3.11. The van der Waals surface area contributed by atoms with E-state index in [1.54, 1.807) is 6.07 Å². The van der Waals surface area contributed by atoms with E-state index in [4.69, 9.17) is 4.42 Å². The molecule has 25 heavy (non-hydrogen) atoms. The van der Waals surface area contributed by atoms with Crippen molar-refractivity contribution in [2.24, 2.45) is 0 Å². The predicted octanol–water partition coefficient (Wildman–Crippen LogP) is 4.13. The summed E-state index contributed by atoms with van der Waals surface area (Å²) in [5, 5.41) is 14.9. The highest BCUT2D eigenvalue weighted by Crippen LogP contribution is 2.30. The molecule has 1 aromatic heterocycles. The summed E-state index contributed by atoms with van der Waals surface area (Å²) in [4.78, 5) is 12.2. The number of carbonyl (C=O) groups excluding carboxylic acids is 1. The van der Waals surface area contributed by atoms with Gasteiger partial charge in [-0.25, -0.2) is 0 Å². The lowest BCUT2D eigenvalue weighted by molar-refractivity contribution is -0.123. The summed E-state index contributed by atoms with van der Waals surface area (Å²) in [6, 6.07) is 22.8. The van der Waals surface area contributed by atoms with Crippen LogP contribution in [0, 0.1) is 0 Å². The van der Waals surface area contributed by atoms with Crippen LogP contribution in [0.2, 0.25) is 0 Å². The summed E-state index contributed by atoms with van der Waals surface area (Å²) < 4.78 is 5.82. The van der Waals surface area contributed by atoms with Crippen molar-refractivity contribution in [2.45, 2.75) is 12.5 Å². The zero-order valence-electron chi connectivity index (χ0n) is 13.5. The zero-order valence-corrected chi connectivity index (χ0v) is 13.5. The molecule has 4 heteroatoms. The molecule has 3 aromatic carbocycles. The topological polar surface area (TPSA) is 62.5 Å². The Labute approximate surface area is 144 Å². The van der Waals surface area contributed by atoms with E-state index in [0.717, 1.165) is 21.9 Å². The summed E-state index contributed by atoms with van der Waals surface area (Å²) in [5.41, 5.74) is 3.03. The maximum atomic E-state index is 12.2. The third kappa shape index (κ3) is 3.12. The molecule has 1 amide bonds. The average molecular weight is 331 g/mol. The van der Waals surface area contributed by atoms with Gasteiger partial charge in [0.05, 0.1) is 0 Å². The van der Waals surface area contributed by atoms with E-state index >= 15 is 0 Å². The van der Waals surface area contributed by atoms with Crippen molar-refractivity contribution in [1.29, 1.82) is 0 Å². The van der Waals surface area contributed by atoms with Crippen LogP contribution in [0.25, 0.3) is 21.9 Å². The SMILES string of the molecule is O=C(Nc1ccc2c(c1)oc1ccccc12)[C@@H](O)Cc1ccccc1. The van der Waals surface area contributed by atoms with Crippen molar-refractivity contribution in [2.75, 3.05) is 5.32 Å². The van der Waals surface area contributed by atoms with Crippen LogP contribution in [0.15, 0.2) is 77.2 Å². The number of amides is 1. The number of hydrogen-bond donors (Lipinski definition) is 2. The first-order valence-electron chi connectivity index (χ1n) is 8.15.